The highest BCUT2D eigenvalue weighted by Crippen LogP contribution is 2.01. The van der Waals surface area contributed by atoms with Crippen LogP contribution in [0.2, 0.25) is 24.9 Å². The van der Waals surface area contributed by atoms with Crippen molar-refractivity contribution in [2.45, 2.75) is 19.6 Å². The van der Waals surface area contributed by atoms with Crippen molar-refractivity contribution in [1.82, 2.24) is 9.97 Å². The summed E-state index contributed by atoms with van der Waals surface area (Å²) in [6.07, 6.45) is 3.28. The molecule has 1 rings (SSSR count). The van der Waals surface area contributed by atoms with E-state index in [2.05, 4.69) is 41.1 Å². The van der Waals surface area contributed by atoms with Crippen LogP contribution < -0.4 is 0 Å². The molecular formula is C9H11ClN2Si. The summed E-state index contributed by atoms with van der Waals surface area (Å²) in [4.78, 5) is 7.69. The molecule has 0 spiro atoms. The van der Waals surface area contributed by atoms with Crippen LogP contribution in [0, 0.1) is 11.5 Å². The van der Waals surface area contributed by atoms with Gasteiger partial charge in [0, 0.05) is 12.4 Å². The molecule has 0 atom stereocenters. The van der Waals surface area contributed by atoms with Crippen molar-refractivity contribution in [2.75, 3.05) is 0 Å². The largest absolute Gasteiger partial charge is 0.225 e. The average molecular weight is 211 g/mol. The predicted octanol–water partition coefficient (Wildman–Crippen LogP) is 2.36. The van der Waals surface area contributed by atoms with E-state index in [0.29, 0.717) is 0 Å². The van der Waals surface area contributed by atoms with Crippen molar-refractivity contribution in [2.24, 2.45) is 0 Å². The molecule has 1 aromatic heterocycles. The first-order valence-corrected chi connectivity index (χ1v) is 7.86. The summed E-state index contributed by atoms with van der Waals surface area (Å²) in [7, 11) is -1.30. The van der Waals surface area contributed by atoms with Crippen LogP contribution in [0.1, 0.15) is 5.56 Å². The average Bonchev–Trinajstić information content (AvgIpc) is 2.02. The van der Waals surface area contributed by atoms with E-state index in [1.165, 1.54) is 0 Å². The highest BCUT2D eigenvalue weighted by molar-refractivity contribution is 6.83. The number of hydrogen-bond donors (Lipinski definition) is 0. The van der Waals surface area contributed by atoms with E-state index in [0.717, 1.165) is 5.56 Å². The summed E-state index contributed by atoms with van der Waals surface area (Å²) < 4.78 is 0. The Labute approximate surface area is 84.4 Å². The maximum atomic E-state index is 5.54. The maximum Gasteiger partial charge on any atom is 0.222 e. The van der Waals surface area contributed by atoms with Gasteiger partial charge in [-0.25, -0.2) is 9.97 Å². The molecule has 0 N–H and O–H groups in total. The van der Waals surface area contributed by atoms with Crippen molar-refractivity contribution in [3.63, 3.8) is 0 Å². The Hall–Kier alpha value is -0.853. The standard InChI is InChI=1S/C9H11ClN2Si/c1-13(2,3)5-4-8-6-11-9(10)12-7-8/h6-7H,1-3H3. The minimum absolute atomic E-state index is 0.263. The van der Waals surface area contributed by atoms with Gasteiger partial charge in [-0.2, -0.15) is 0 Å². The molecule has 0 aliphatic carbocycles. The zero-order valence-electron chi connectivity index (χ0n) is 7.93. The van der Waals surface area contributed by atoms with Crippen molar-refractivity contribution in [3.8, 4) is 11.5 Å². The first kappa shape index (κ1) is 10.2. The molecule has 0 amide bonds. The molecule has 0 aliphatic heterocycles. The summed E-state index contributed by atoms with van der Waals surface area (Å²) in [5, 5.41) is 0.263. The lowest BCUT2D eigenvalue weighted by atomic mass is 10.4. The van der Waals surface area contributed by atoms with Gasteiger partial charge >= 0.3 is 0 Å². The first-order chi connectivity index (χ1) is 5.97. The molecule has 2 nitrogen and oxygen atoms in total. The summed E-state index contributed by atoms with van der Waals surface area (Å²) in [6.45, 7) is 6.57. The SMILES string of the molecule is C[Si](C)(C)C#Cc1cnc(Cl)nc1. The maximum absolute atomic E-state index is 5.54. The number of halogens is 1. The molecule has 0 saturated carbocycles. The fraction of sp³-hybridized carbons (Fsp3) is 0.333. The van der Waals surface area contributed by atoms with Gasteiger partial charge in [-0.15, -0.1) is 5.54 Å². The number of hydrogen-bond acceptors (Lipinski definition) is 2. The van der Waals surface area contributed by atoms with Gasteiger partial charge in [0.2, 0.25) is 5.28 Å². The summed E-state index contributed by atoms with van der Waals surface area (Å²) in [5.41, 5.74) is 4.05. The zero-order valence-corrected chi connectivity index (χ0v) is 9.68. The molecule has 0 radical (unpaired) electrons. The van der Waals surface area contributed by atoms with Crippen LogP contribution in [0.3, 0.4) is 0 Å². The van der Waals surface area contributed by atoms with E-state index in [-0.39, 0.29) is 5.28 Å². The lowest BCUT2D eigenvalue weighted by Gasteiger charge is -2.02. The Balaban J connectivity index is 2.85. The molecule has 0 bridgehead atoms. The van der Waals surface area contributed by atoms with Gasteiger partial charge in [-0.3, -0.25) is 0 Å². The van der Waals surface area contributed by atoms with E-state index < -0.39 is 8.07 Å². The van der Waals surface area contributed by atoms with Crippen molar-refractivity contribution in [1.29, 1.82) is 0 Å². The Morgan fingerprint density at radius 3 is 2.23 bits per heavy atom. The molecule has 0 aromatic carbocycles. The highest BCUT2D eigenvalue weighted by Gasteiger charge is 2.07. The van der Waals surface area contributed by atoms with Crippen LogP contribution in [0.15, 0.2) is 12.4 Å². The molecule has 68 valence electrons. The molecule has 1 heterocycles. The van der Waals surface area contributed by atoms with Crippen molar-refractivity contribution >= 4 is 19.7 Å². The van der Waals surface area contributed by atoms with Crippen LogP contribution in [0.25, 0.3) is 0 Å². The highest BCUT2D eigenvalue weighted by atomic mass is 35.5. The molecule has 1 aromatic rings. The Morgan fingerprint density at radius 1 is 1.23 bits per heavy atom. The summed E-state index contributed by atoms with van der Waals surface area (Å²) in [6, 6.07) is 0. The van der Waals surface area contributed by atoms with Gasteiger partial charge in [-0.1, -0.05) is 25.6 Å². The summed E-state index contributed by atoms with van der Waals surface area (Å²) >= 11 is 5.54. The quantitative estimate of drug-likeness (QED) is 0.373. The monoisotopic (exact) mass is 210 g/mol. The van der Waals surface area contributed by atoms with Crippen molar-refractivity contribution in [3.05, 3.63) is 23.2 Å². The van der Waals surface area contributed by atoms with Crippen LogP contribution in [-0.4, -0.2) is 18.0 Å². The van der Waals surface area contributed by atoms with Crippen molar-refractivity contribution < 1.29 is 0 Å². The number of aromatic nitrogens is 2. The van der Waals surface area contributed by atoms with Gasteiger partial charge < -0.3 is 0 Å². The minimum atomic E-state index is -1.30. The van der Waals surface area contributed by atoms with E-state index in [1.54, 1.807) is 12.4 Å². The molecule has 13 heavy (non-hydrogen) atoms. The molecule has 0 fully saturated rings. The van der Waals surface area contributed by atoms with Gasteiger partial charge in [0.25, 0.3) is 0 Å². The van der Waals surface area contributed by atoms with Gasteiger partial charge in [-0.05, 0) is 11.6 Å². The number of rotatable bonds is 0. The fourth-order valence-electron chi connectivity index (χ4n) is 0.637. The zero-order chi connectivity index (χ0) is 9.90. The van der Waals surface area contributed by atoms with E-state index in [4.69, 9.17) is 11.6 Å². The molecule has 0 unspecified atom stereocenters. The van der Waals surface area contributed by atoms with Gasteiger partial charge in [0.15, 0.2) is 0 Å². The lowest BCUT2D eigenvalue weighted by Crippen LogP contribution is -2.16. The van der Waals surface area contributed by atoms with Gasteiger partial charge in [0.05, 0.1) is 5.56 Å². The van der Waals surface area contributed by atoms with Crippen LogP contribution in [0.5, 0.6) is 0 Å². The van der Waals surface area contributed by atoms with E-state index in [9.17, 15) is 0 Å². The minimum Gasteiger partial charge on any atom is -0.225 e. The summed E-state index contributed by atoms with van der Waals surface area (Å²) in [5.74, 6) is 3.04. The molecule has 0 aliphatic rings. The molecular weight excluding hydrogens is 200 g/mol. The second kappa shape index (κ2) is 3.90. The third kappa shape index (κ3) is 4.06. The number of nitrogens with zero attached hydrogens (tertiary/aromatic N) is 2. The van der Waals surface area contributed by atoms with Crippen LogP contribution in [0.4, 0.5) is 0 Å². The normalized spacial score (nSPS) is 10.5. The first-order valence-electron chi connectivity index (χ1n) is 3.98. The molecule has 4 heteroatoms. The topological polar surface area (TPSA) is 25.8 Å². The van der Waals surface area contributed by atoms with E-state index in [1.807, 2.05) is 0 Å². The van der Waals surface area contributed by atoms with Crippen LogP contribution >= 0.6 is 11.6 Å². The third-order valence-corrected chi connectivity index (χ3v) is 2.27. The second-order valence-corrected chi connectivity index (χ2v) is 8.83. The fourth-order valence-corrected chi connectivity index (χ4v) is 1.25. The lowest BCUT2D eigenvalue weighted by molar-refractivity contribution is 1.16. The Bertz CT molecular complexity index is 343. The Kier molecular flexibility index (Phi) is 3.07. The third-order valence-electron chi connectivity index (χ3n) is 1.20. The van der Waals surface area contributed by atoms with E-state index >= 15 is 0 Å². The van der Waals surface area contributed by atoms with Gasteiger partial charge in [0.1, 0.15) is 8.07 Å². The smallest absolute Gasteiger partial charge is 0.222 e. The second-order valence-electron chi connectivity index (χ2n) is 3.74. The predicted molar refractivity (Wildman–Crippen MR) is 57.3 cm³/mol. The molecule has 0 saturated heterocycles. The van der Waals surface area contributed by atoms with Crippen LogP contribution in [-0.2, 0) is 0 Å². The Morgan fingerprint density at radius 2 is 1.77 bits per heavy atom.